The van der Waals surface area contributed by atoms with E-state index in [0.717, 1.165) is 76.1 Å². The van der Waals surface area contributed by atoms with E-state index in [9.17, 15) is 10.1 Å². The van der Waals surface area contributed by atoms with E-state index in [1.54, 1.807) is 0 Å². The number of anilines is 1. The summed E-state index contributed by atoms with van der Waals surface area (Å²) >= 11 is 1.43. The molecule has 158 valence electrons. The average Bonchev–Trinajstić information content (AvgIpc) is 3.30. The fourth-order valence-corrected chi connectivity index (χ4v) is 5.92. The molecule has 2 atom stereocenters. The van der Waals surface area contributed by atoms with Gasteiger partial charge in [-0.25, -0.2) is 0 Å². The number of nitrogens with zero attached hydrogens (tertiary/aromatic N) is 5. The van der Waals surface area contributed by atoms with Crippen molar-refractivity contribution >= 4 is 22.4 Å². The maximum Gasteiger partial charge on any atom is 0.229 e. The van der Waals surface area contributed by atoms with Crippen LogP contribution in [-0.2, 0) is 9.53 Å². The van der Waals surface area contributed by atoms with Crippen LogP contribution in [0.5, 0.6) is 0 Å². The number of aryl methyl sites for hydroxylation is 1. The first-order chi connectivity index (χ1) is 13.9. The van der Waals surface area contributed by atoms with Crippen molar-refractivity contribution in [2.75, 3.05) is 63.9 Å². The van der Waals surface area contributed by atoms with Crippen LogP contribution in [0.25, 0.3) is 0 Å². The summed E-state index contributed by atoms with van der Waals surface area (Å²) in [7, 11) is 0. The Kier molecular flexibility index (Phi) is 5.83. The van der Waals surface area contributed by atoms with Gasteiger partial charge in [0.05, 0.1) is 24.3 Å². The van der Waals surface area contributed by atoms with E-state index in [1.807, 2.05) is 6.92 Å². The van der Waals surface area contributed by atoms with Crippen LogP contribution < -0.4 is 4.90 Å². The molecule has 0 N–H and O–H groups in total. The molecule has 0 unspecified atom stereocenters. The summed E-state index contributed by atoms with van der Waals surface area (Å²) in [4.78, 5) is 20.1. The number of carbonyl (C=O) groups is 1. The summed E-state index contributed by atoms with van der Waals surface area (Å²) in [5, 5.41) is 10.5. The van der Waals surface area contributed by atoms with Gasteiger partial charge in [0.1, 0.15) is 16.6 Å². The van der Waals surface area contributed by atoms with Gasteiger partial charge in [0.2, 0.25) is 5.91 Å². The number of fused-ring (bicyclic) bond motifs is 1. The van der Waals surface area contributed by atoms with E-state index in [1.165, 1.54) is 11.5 Å². The van der Waals surface area contributed by atoms with Crippen molar-refractivity contribution in [2.24, 2.45) is 17.3 Å². The van der Waals surface area contributed by atoms with Gasteiger partial charge in [0.15, 0.2) is 0 Å². The van der Waals surface area contributed by atoms with E-state index < -0.39 is 0 Å². The van der Waals surface area contributed by atoms with Crippen LogP contribution in [0.3, 0.4) is 0 Å². The minimum Gasteiger partial charge on any atom is -0.379 e. The van der Waals surface area contributed by atoms with Crippen LogP contribution in [-0.4, -0.2) is 79.1 Å². The molecular formula is C21H31N5O2S. The van der Waals surface area contributed by atoms with Gasteiger partial charge >= 0.3 is 0 Å². The van der Waals surface area contributed by atoms with Crippen molar-refractivity contribution in [1.82, 2.24) is 14.2 Å². The number of carbonyl (C=O) groups excluding carboxylic acids is 1. The van der Waals surface area contributed by atoms with Gasteiger partial charge in [-0.2, -0.15) is 9.64 Å². The lowest BCUT2D eigenvalue weighted by atomic mass is 9.89. The van der Waals surface area contributed by atoms with Crippen molar-refractivity contribution in [2.45, 2.75) is 27.2 Å². The third kappa shape index (κ3) is 4.14. The minimum atomic E-state index is -0.382. The zero-order valence-electron chi connectivity index (χ0n) is 17.7. The van der Waals surface area contributed by atoms with Crippen LogP contribution in [0.15, 0.2) is 0 Å². The van der Waals surface area contributed by atoms with Crippen molar-refractivity contribution in [3.8, 4) is 6.07 Å². The Morgan fingerprint density at radius 3 is 2.69 bits per heavy atom. The van der Waals surface area contributed by atoms with Crippen molar-refractivity contribution in [1.29, 1.82) is 5.26 Å². The number of hydrogen-bond acceptors (Lipinski definition) is 7. The molecule has 8 heteroatoms. The first-order valence-corrected chi connectivity index (χ1v) is 11.4. The number of likely N-dealkylation sites (tertiary alicyclic amines) is 1. The number of aromatic nitrogens is 1. The summed E-state index contributed by atoms with van der Waals surface area (Å²) in [6.45, 7) is 13.7. The molecule has 1 amide bonds. The molecule has 1 aromatic rings. The lowest BCUT2D eigenvalue weighted by Crippen LogP contribution is -2.49. The molecule has 3 saturated heterocycles. The molecule has 0 aliphatic carbocycles. The first kappa shape index (κ1) is 20.6. The fourth-order valence-electron chi connectivity index (χ4n) is 5.04. The van der Waals surface area contributed by atoms with Crippen LogP contribution in [0, 0.1) is 35.5 Å². The van der Waals surface area contributed by atoms with Crippen molar-refractivity contribution < 1.29 is 9.53 Å². The Morgan fingerprint density at radius 1 is 1.24 bits per heavy atom. The summed E-state index contributed by atoms with van der Waals surface area (Å²) in [6, 6.07) is 2.31. The van der Waals surface area contributed by atoms with Crippen LogP contribution in [0.4, 0.5) is 5.00 Å². The molecule has 0 aromatic carbocycles. The van der Waals surface area contributed by atoms with E-state index in [-0.39, 0.29) is 11.3 Å². The van der Waals surface area contributed by atoms with Crippen molar-refractivity contribution in [3.63, 3.8) is 0 Å². The second-order valence-electron chi connectivity index (χ2n) is 9.30. The van der Waals surface area contributed by atoms with Gasteiger partial charge in [-0.3, -0.25) is 9.69 Å². The third-order valence-corrected chi connectivity index (χ3v) is 7.63. The monoisotopic (exact) mass is 417 g/mol. The van der Waals surface area contributed by atoms with E-state index >= 15 is 0 Å². The van der Waals surface area contributed by atoms with Gasteiger partial charge in [-0.15, -0.1) is 0 Å². The average molecular weight is 418 g/mol. The Balaban J connectivity index is 1.39. The second-order valence-corrected chi connectivity index (χ2v) is 10.0. The predicted molar refractivity (Wildman–Crippen MR) is 113 cm³/mol. The van der Waals surface area contributed by atoms with Crippen LogP contribution in [0.1, 0.15) is 31.5 Å². The highest BCUT2D eigenvalue weighted by molar-refractivity contribution is 7.10. The maximum absolute atomic E-state index is 13.3. The number of piperidine rings is 1. The number of morpholine rings is 1. The SMILES string of the molecule is Cc1nsc(N2CC[C@@H]3CN(C(=O)C(C)(C)CN4CCOCC4)C[C@@H]3C2)c1C#N. The van der Waals surface area contributed by atoms with Gasteiger partial charge < -0.3 is 14.5 Å². The Bertz CT molecular complexity index is 795. The number of rotatable bonds is 4. The Labute approximate surface area is 177 Å². The zero-order valence-corrected chi connectivity index (χ0v) is 18.5. The Hall–Kier alpha value is -1.69. The molecule has 0 saturated carbocycles. The molecule has 1 aromatic heterocycles. The highest BCUT2D eigenvalue weighted by Crippen LogP contribution is 2.38. The van der Waals surface area contributed by atoms with Gasteiger partial charge in [0.25, 0.3) is 0 Å². The molecule has 0 spiro atoms. The number of ether oxygens (including phenoxy) is 1. The molecular weight excluding hydrogens is 386 g/mol. The maximum atomic E-state index is 13.3. The summed E-state index contributed by atoms with van der Waals surface area (Å²) in [5.74, 6) is 1.31. The quantitative estimate of drug-likeness (QED) is 0.746. The Morgan fingerprint density at radius 2 is 1.97 bits per heavy atom. The lowest BCUT2D eigenvalue weighted by Gasteiger charge is -2.36. The standard InChI is InChI=1S/C21H31N5O2S/c1-15-18(10-22)19(29-23-15)25-5-4-16-11-26(13-17(16)12-25)20(27)21(2,3)14-24-6-8-28-9-7-24/h16-17H,4-9,11-14H2,1-3H3/t16-,17+/m1/s1. The summed E-state index contributed by atoms with van der Waals surface area (Å²) in [6.07, 6.45) is 1.07. The van der Waals surface area contributed by atoms with Crippen LogP contribution in [0.2, 0.25) is 0 Å². The lowest BCUT2D eigenvalue weighted by molar-refractivity contribution is -0.141. The zero-order chi connectivity index (χ0) is 20.6. The molecule has 0 radical (unpaired) electrons. The van der Waals surface area contributed by atoms with E-state index in [4.69, 9.17) is 4.74 Å². The van der Waals surface area contributed by atoms with Gasteiger partial charge in [-0.05, 0) is 50.6 Å². The van der Waals surface area contributed by atoms with Gasteiger partial charge in [-0.1, -0.05) is 0 Å². The number of amides is 1. The highest BCUT2D eigenvalue weighted by Gasteiger charge is 2.43. The van der Waals surface area contributed by atoms with E-state index in [0.29, 0.717) is 17.4 Å². The first-order valence-electron chi connectivity index (χ1n) is 10.6. The molecule has 29 heavy (non-hydrogen) atoms. The molecule has 3 fully saturated rings. The van der Waals surface area contributed by atoms with Crippen molar-refractivity contribution in [3.05, 3.63) is 11.3 Å². The largest absolute Gasteiger partial charge is 0.379 e. The van der Waals surface area contributed by atoms with E-state index in [2.05, 4.69) is 39.0 Å². The van der Waals surface area contributed by atoms with Crippen LogP contribution >= 0.6 is 11.5 Å². The molecule has 7 nitrogen and oxygen atoms in total. The minimum absolute atomic E-state index is 0.274. The summed E-state index contributed by atoms with van der Waals surface area (Å²) in [5.41, 5.74) is 1.15. The predicted octanol–water partition coefficient (Wildman–Crippen LogP) is 1.97. The smallest absolute Gasteiger partial charge is 0.229 e. The molecule has 4 rings (SSSR count). The summed E-state index contributed by atoms with van der Waals surface area (Å²) < 4.78 is 9.82. The highest BCUT2D eigenvalue weighted by atomic mass is 32.1. The molecule has 3 aliphatic rings. The van der Waals surface area contributed by atoms with Gasteiger partial charge in [0, 0.05) is 45.8 Å². The molecule has 4 heterocycles. The third-order valence-electron chi connectivity index (χ3n) is 6.63. The normalized spacial score (nSPS) is 25.7. The second kappa shape index (κ2) is 8.21. The molecule has 3 aliphatic heterocycles. The number of nitriles is 1. The number of hydrogen-bond donors (Lipinski definition) is 0. The topological polar surface area (TPSA) is 72.7 Å². The molecule has 0 bridgehead atoms. The fraction of sp³-hybridized carbons (Fsp3) is 0.762.